The fourth-order valence-corrected chi connectivity index (χ4v) is 1.60. The minimum atomic E-state index is -0.0895. The lowest BCUT2D eigenvalue weighted by Crippen LogP contribution is -2.12. The molecule has 0 saturated carbocycles. The first kappa shape index (κ1) is 9.80. The van der Waals surface area contributed by atoms with Crippen LogP contribution in [-0.4, -0.2) is 12.0 Å². The van der Waals surface area contributed by atoms with Gasteiger partial charge in [0.2, 0.25) is 0 Å². The second kappa shape index (κ2) is 4.19. The zero-order valence-corrected chi connectivity index (χ0v) is 8.70. The van der Waals surface area contributed by atoms with Gasteiger partial charge < -0.3 is 16.0 Å². The number of anilines is 1. The summed E-state index contributed by atoms with van der Waals surface area (Å²) in [6, 6.07) is 12.0. The molecular weight excluding hydrogens is 186 g/mol. The Morgan fingerprint density at radius 3 is 2.80 bits per heavy atom. The Labute approximate surface area is 89.3 Å². The summed E-state index contributed by atoms with van der Waals surface area (Å²) in [5.41, 5.74) is 9.34. The lowest BCUT2D eigenvalue weighted by Gasteiger charge is -2.11. The second-order valence-electron chi connectivity index (χ2n) is 3.48. The van der Waals surface area contributed by atoms with Gasteiger partial charge in [-0.15, -0.1) is 0 Å². The summed E-state index contributed by atoms with van der Waals surface area (Å²) < 4.78 is 0. The summed E-state index contributed by atoms with van der Waals surface area (Å²) in [6.45, 7) is 0. The Kier molecular flexibility index (Phi) is 2.74. The van der Waals surface area contributed by atoms with Crippen LogP contribution in [0.25, 0.3) is 0 Å². The van der Waals surface area contributed by atoms with E-state index >= 15 is 0 Å². The van der Waals surface area contributed by atoms with Crippen molar-refractivity contribution in [2.45, 2.75) is 6.04 Å². The van der Waals surface area contributed by atoms with Gasteiger partial charge >= 0.3 is 0 Å². The highest BCUT2D eigenvalue weighted by molar-refractivity contribution is 5.47. The molecule has 3 heteroatoms. The summed E-state index contributed by atoms with van der Waals surface area (Å²) in [7, 11) is 1.90. The minimum Gasteiger partial charge on any atom is -0.388 e. The summed E-state index contributed by atoms with van der Waals surface area (Å²) in [5, 5.41) is 3.10. The third-order valence-corrected chi connectivity index (χ3v) is 2.49. The Morgan fingerprint density at radius 2 is 2.13 bits per heavy atom. The van der Waals surface area contributed by atoms with Crippen LogP contribution >= 0.6 is 0 Å². The van der Waals surface area contributed by atoms with Crippen molar-refractivity contribution in [3.05, 3.63) is 53.9 Å². The number of rotatable bonds is 3. The van der Waals surface area contributed by atoms with E-state index in [1.165, 1.54) is 0 Å². The molecule has 15 heavy (non-hydrogen) atoms. The molecule has 1 aromatic heterocycles. The van der Waals surface area contributed by atoms with E-state index in [1.54, 1.807) is 0 Å². The monoisotopic (exact) mass is 201 g/mol. The van der Waals surface area contributed by atoms with E-state index in [9.17, 15) is 0 Å². The van der Waals surface area contributed by atoms with E-state index in [1.807, 2.05) is 43.6 Å². The van der Waals surface area contributed by atoms with Gasteiger partial charge in [-0.2, -0.15) is 0 Å². The first-order chi connectivity index (χ1) is 7.31. The van der Waals surface area contributed by atoms with Gasteiger partial charge in [-0.3, -0.25) is 0 Å². The molecule has 1 aromatic carbocycles. The van der Waals surface area contributed by atoms with Gasteiger partial charge in [0.1, 0.15) is 0 Å². The predicted molar refractivity (Wildman–Crippen MR) is 62.8 cm³/mol. The molecule has 0 aliphatic carbocycles. The van der Waals surface area contributed by atoms with Gasteiger partial charge in [0.25, 0.3) is 0 Å². The number of hydrogen-bond donors (Lipinski definition) is 3. The molecule has 0 aliphatic heterocycles. The van der Waals surface area contributed by atoms with Gasteiger partial charge in [0.05, 0.1) is 6.04 Å². The third kappa shape index (κ3) is 2.02. The number of nitrogens with two attached hydrogens (primary N) is 1. The number of aromatic amines is 1. The predicted octanol–water partition coefficient (Wildman–Crippen LogP) is 2.10. The lowest BCUT2D eigenvalue weighted by molar-refractivity contribution is 0.839. The normalized spacial score (nSPS) is 12.4. The smallest absolute Gasteiger partial charge is 0.0704 e. The first-order valence-corrected chi connectivity index (χ1v) is 4.98. The van der Waals surface area contributed by atoms with Crippen molar-refractivity contribution in [3.8, 4) is 0 Å². The minimum absolute atomic E-state index is 0.0895. The van der Waals surface area contributed by atoms with Gasteiger partial charge in [0, 0.05) is 24.6 Å². The molecule has 0 fully saturated rings. The van der Waals surface area contributed by atoms with Crippen LogP contribution in [0.3, 0.4) is 0 Å². The van der Waals surface area contributed by atoms with Crippen molar-refractivity contribution < 1.29 is 0 Å². The van der Waals surface area contributed by atoms with E-state index in [-0.39, 0.29) is 6.04 Å². The number of nitrogens with one attached hydrogen (secondary N) is 2. The molecule has 1 atom stereocenters. The number of hydrogen-bond acceptors (Lipinski definition) is 2. The topological polar surface area (TPSA) is 53.8 Å². The number of benzene rings is 1. The highest BCUT2D eigenvalue weighted by atomic mass is 14.8. The molecule has 0 saturated heterocycles. The SMILES string of the molecule is CNc1cccc(C(N)c2ccc[nH]2)c1. The molecule has 3 nitrogen and oxygen atoms in total. The van der Waals surface area contributed by atoms with Crippen LogP contribution in [0.4, 0.5) is 5.69 Å². The Hall–Kier alpha value is -1.74. The largest absolute Gasteiger partial charge is 0.388 e. The van der Waals surface area contributed by atoms with Gasteiger partial charge in [-0.05, 0) is 29.8 Å². The molecule has 1 unspecified atom stereocenters. The zero-order valence-electron chi connectivity index (χ0n) is 8.70. The standard InChI is InChI=1S/C12H15N3/c1-14-10-5-2-4-9(8-10)12(13)11-6-3-7-15-11/h2-8,12,14-15H,13H2,1H3. The molecule has 78 valence electrons. The maximum Gasteiger partial charge on any atom is 0.0704 e. The maximum absolute atomic E-state index is 6.13. The molecule has 0 bridgehead atoms. The van der Waals surface area contributed by atoms with Gasteiger partial charge in [0.15, 0.2) is 0 Å². The van der Waals surface area contributed by atoms with Crippen molar-refractivity contribution in [3.63, 3.8) is 0 Å². The van der Waals surface area contributed by atoms with E-state index in [4.69, 9.17) is 5.73 Å². The van der Waals surface area contributed by atoms with Crippen LogP contribution in [0.5, 0.6) is 0 Å². The third-order valence-electron chi connectivity index (χ3n) is 2.49. The Balaban J connectivity index is 2.29. The van der Waals surface area contributed by atoms with E-state index in [0.717, 1.165) is 16.9 Å². The van der Waals surface area contributed by atoms with Crippen molar-refractivity contribution in [1.29, 1.82) is 0 Å². The zero-order chi connectivity index (χ0) is 10.7. The molecule has 4 N–H and O–H groups in total. The Morgan fingerprint density at radius 1 is 1.27 bits per heavy atom. The Bertz CT molecular complexity index is 420. The summed E-state index contributed by atoms with van der Waals surface area (Å²) in [6.07, 6.45) is 1.89. The van der Waals surface area contributed by atoms with Crippen molar-refractivity contribution in [1.82, 2.24) is 4.98 Å². The summed E-state index contributed by atoms with van der Waals surface area (Å²) in [4.78, 5) is 3.13. The van der Waals surface area contributed by atoms with Crippen molar-refractivity contribution in [2.24, 2.45) is 5.73 Å². The van der Waals surface area contributed by atoms with Gasteiger partial charge in [-0.25, -0.2) is 0 Å². The number of H-pyrrole nitrogens is 1. The summed E-state index contributed by atoms with van der Waals surface area (Å²) in [5.74, 6) is 0. The van der Waals surface area contributed by atoms with Crippen LogP contribution in [0.1, 0.15) is 17.3 Å². The van der Waals surface area contributed by atoms with E-state index in [0.29, 0.717) is 0 Å². The van der Waals surface area contributed by atoms with Crippen molar-refractivity contribution in [2.75, 3.05) is 12.4 Å². The molecule has 0 radical (unpaired) electrons. The highest BCUT2D eigenvalue weighted by Crippen LogP contribution is 2.20. The van der Waals surface area contributed by atoms with E-state index in [2.05, 4.69) is 16.4 Å². The fraction of sp³-hybridized carbons (Fsp3) is 0.167. The molecule has 0 amide bonds. The second-order valence-corrected chi connectivity index (χ2v) is 3.48. The van der Waals surface area contributed by atoms with Crippen LogP contribution in [0.15, 0.2) is 42.6 Å². The average Bonchev–Trinajstić information content (AvgIpc) is 2.81. The van der Waals surface area contributed by atoms with Crippen LogP contribution in [0.2, 0.25) is 0 Å². The van der Waals surface area contributed by atoms with Crippen LogP contribution in [-0.2, 0) is 0 Å². The average molecular weight is 201 g/mol. The van der Waals surface area contributed by atoms with Crippen LogP contribution < -0.4 is 11.1 Å². The van der Waals surface area contributed by atoms with E-state index < -0.39 is 0 Å². The molecule has 2 rings (SSSR count). The molecule has 0 spiro atoms. The van der Waals surface area contributed by atoms with Crippen molar-refractivity contribution >= 4 is 5.69 Å². The molecule has 1 heterocycles. The summed E-state index contributed by atoms with van der Waals surface area (Å²) >= 11 is 0. The lowest BCUT2D eigenvalue weighted by atomic mass is 10.0. The highest BCUT2D eigenvalue weighted by Gasteiger charge is 2.09. The number of aromatic nitrogens is 1. The maximum atomic E-state index is 6.13. The van der Waals surface area contributed by atoms with Crippen LogP contribution in [0, 0.1) is 0 Å². The quantitative estimate of drug-likeness (QED) is 0.712. The first-order valence-electron chi connectivity index (χ1n) is 4.98. The molecule has 2 aromatic rings. The molecular formula is C12H15N3. The molecule has 0 aliphatic rings. The fourth-order valence-electron chi connectivity index (χ4n) is 1.60. The van der Waals surface area contributed by atoms with Gasteiger partial charge in [-0.1, -0.05) is 12.1 Å².